The van der Waals surface area contributed by atoms with Gasteiger partial charge in [0.1, 0.15) is 5.15 Å². The Kier molecular flexibility index (Phi) is 4.81. The van der Waals surface area contributed by atoms with Crippen molar-refractivity contribution >= 4 is 11.6 Å². The fourth-order valence-electron chi connectivity index (χ4n) is 2.08. The maximum atomic E-state index is 9.35. The van der Waals surface area contributed by atoms with Crippen LogP contribution in [0.5, 0.6) is 0 Å². The van der Waals surface area contributed by atoms with Crippen LogP contribution >= 0.6 is 11.6 Å². The van der Waals surface area contributed by atoms with Crippen LogP contribution in [0.4, 0.5) is 0 Å². The van der Waals surface area contributed by atoms with Crippen LogP contribution in [0, 0.1) is 18.8 Å². The van der Waals surface area contributed by atoms with Gasteiger partial charge in [0.2, 0.25) is 0 Å². The SMILES string of the molecule is Cc1nn(C)c(Cl)c1CC(CO)CC(C)C. The number of halogens is 1. The minimum Gasteiger partial charge on any atom is -0.396 e. The molecular weight excluding hydrogens is 224 g/mol. The molecule has 0 saturated heterocycles. The topological polar surface area (TPSA) is 38.0 Å². The average molecular weight is 245 g/mol. The Labute approximate surface area is 102 Å². The lowest BCUT2D eigenvalue weighted by molar-refractivity contribution is 0.205. The number of hydrogen-bond donors (Lipinski definition) is 1. The van der Waals surface area contributed by atoms with Gasteiger partial charge in [-0.3, -0.25) is 4.68 Å². The van der Waals surface area contributed by atoms with Crippen molar-refractivity contribution in [3.05, 3.63) is 16.4 Å². The van der Waals surface area contributed by atoms with Gasteiger partial charge in [-0.25, -0.2) is 0 Å². The largest absolute Gasteiger partial charge is 0.396 e. The molecule has 1 N–H and O–H groups in total. The van der Waals surface area contributed by atoms with E-state index < -0.39 is 0 Å². The first-order chi connectivity index (χ1) is 7.45. The Morgan fingerprint density at radius 3 is 2.44 bits per heavy atom. The Hall–Kier alpha value is -0.540. The van der Waals surface area contributed by atoms with Crippen molar-refractivity contribution in [1.29, 1.82) is 0 Å². The molecule has 0 aromatic carbocycles. The van der Waals surface area contributed by atoms with Gasteiger partial charge in [0, 0.05) is 19.2 Å². The van der Waals surface area contributed by atoms with E-state index in [0.717, 1.165) is 24.1 Å². The summed E-state index contributed by atoms with van der Waals surface area (Å²) in [6, 6.07) is 0. The lowest BCUT2D eigenvalue weighted by atomic mass is 9.92. The normalized spacial score (nSPS) is 13.4. The molecule has 1 aromatic heterocycles. The highest BCUT2D eigenvalue weighted by molar-refractivity contribution is 6.30. The van der Waals surface area contributed by atoms with Gasteiger partial charge in [0.25, 0.3) is 0 Å². The Balaban J connectivity index is 2.77. The molecule has 0 aliphatic carbocycles. The molecule has 1 atom stereocenters. The monoisotopic (exact) mass is 244 g/mol. The van der Waals surface area contributed by atoms with Gasteiger partial charge < -0.3 is 5.11 Å². The number of aliphatic hydroxyl groups excluding tert-OH is 1. The second kappa shape index (κ2) is 5.69. The number of aliphatic hydroxyl groups is 1. The highest BCUT2D eigenvalue weighted by Crippen LogP contribution is 2.24. The molecular formula is C12H21ClN2O. The van der Waals surface area contributed by atoms with Crippen LogP contribution in [-0.2, 0) is 13.5 Å². The summed E-state index contributed by atoms with van der Waals surface area (Å²) in [5, 5.41) is 14.3. The molecule has 0 fully saturated rings. The first kappa shape index (κ1) is 13.5. The van der Waals surface area contributed by atoms with Crippen LogP contribution in [0.3, 0.4) is 0 Å². The molecule has 3 nitrogen and oxygen atoms in total. The third kappa shape index (κ3) is 3.22. The zero-order chi connectivity index (χ0) is 12.3. The van der Waals surface area contributed by atoms with Crippen LogP contribution in [0.1, 0.15) is 31.5 Å². The van der Waals surface area contributed by atoms with Crippen molar-refractivity contribution in [2.24, 2.45) is 18.9 Å². The second-order valence-electron chi connectivity index (χ2n) is 4.86. The molecule has 0 aliphatic heterocycles. The van der Waals surface area contributed by atoms with Crippen molar-refractivity contribution in [1.82, 2.24) is 9.78 Å². The molecule has 16 heavy (non-hydrogen) atoms. The van der Waals surface area contributed by atoms with Gasteiger partial charge in [0.05, 0.1) is 5.69 Å². The first-order valence-electron chi connectivity index (χ1n) is 5.74. The van der Waals surface area contributed by atoms with E-state index in [1.807, 2.05) is 14.0 Å². The lowest BCUT2D eigenvalue weighted by Crippen LogP contribution is -2.13. The number of aromatic nitrogens is 2. The summed E-state index contributed by atoms with van der Waals surface area (Å²) in [5.41, 5.74) is 2.04. The standard InChI is InChI=1S/C12H21ClN2O/c1-8(2)5-10(7-16)6-11-9(3)14-15(4)12(11)13/h8,10,16H,5-7H2,1-4H3. The zero-order valence-corrected chi connectivity index (χ0v) is 11.3. The molecule has 1 rings (SSSR count). The van der Waals surface area contributed by atoms with E-state index in [1.165, 1.54) is 0 Å². The van der Waals surface area contributed by atoms with Gasteiger partial charge >= 0.3 is 0 Å². The first-order valence-corrected chi connectivity index (χ1v) is 6.12. The van der Waals surface area contributed by atoms with Crippen LogP contribution in [0.15, 0.2) is 0 Å². The maximum absolute atomic E-state index is 9.35. The Bertz CT molecular complexity index is 347. The molecule has 1 unspecified atom stereocenters. The minimum absolute atomic E-state index is 0.211. The van der Waals surface area contributed by atoms with Crippen LogP contribution < -0.4 is 0 Å². The summed E-state index contributed by atoms with van der Waals surface area (Å²) in [5.74, 6) is 0.869. The van der Waals surface area contributed by atoms with Crippen molar-refractivity contribution < 1.29 is 5.11 Å². The summed E-state index contributed by atoms with van der Waals surface area (Å²) in [6.07, 6.45) is 1.83. The molecule has 0 radical (unpaired) electrons. The van der Waals surface area contributed by atoms with E-state index in [4.69, 9.17) is 11.6 Å². The van der Waals surface area contributed by atoms with Crippen LogP contribution in [0.2, 0.25) is 5.15 Å². The van der Waals surface area contributed by atoms with Crippen LogP contribution in [-0.4, -0.2) is 21.5 Å². The van der Waals surface area contributed by atoms with E-state index in [1.54, 1.807) is 4.68 Å². The van der Waals surface area contributed by atoms with E-state index in [-0.39, 0.29) is 12.5 Å². The van der Waals surface area contributed by atoms with E-state index in [2.05, 4.69) is 18.9 Å². The van der Waals surface area contributed by atoms with E-state index in [9.17, 15) is 5.11 Å². The fraction of sp³-hybridized carbons (Fsp3) is 0.750. The van der Waals surface area contributed by atoms with Gasteiger partial charge in [-0.05, 0) is 31.6 Å². The van der Waals surface area contributed by atoms with E-state index in [0.29, 0.717) is 11.1 Å². The fourth-order valence-corrected chi connectivity index (χ4v) is 2.34. The molecule has 1 heterocycles. The molecule has 0 aliphatic rings. The Morgan fingerprint density at radius 2 is 2.06 bits per heavy atom. The smallest absolute Gasteiger partial charge is 0.130 e. The molecule has 4 heteroatoms. The van der Waals surface area contributed by atoms with Crippen molar-refractivity contribution in [2.75, 3.05) is 6.61 Å². The maximum Gasteiger partial charge on any atom is 0.130 e. The minimum atomic E-state index is 0.211. The van der Waals surface area contributed by atoms with Gasteiger partial charge in [-0.15, -0.1) is 0 Å². The molecule has 1 aromatic rings. The third-order valence-corrected chi connectivity index (χ3v) is 3.30. The predicted octanol–water partition coefficient (Wildman–Crippen LogP) is 2.58. The summed E-state index contributed by atoms with van der Waals surface area (Å²) in [4.78, 5) is 0. The van der Waals surface area contributed by atoms with Crippen LogP contribution in [0.25, 0.3) is 0 Å². The summed E-state index contributed by atoms with van der Waals surface area (Å²) in [6.45, 7) is 6.51. The van der Waals surface area contributed by atoms with Gasteiger partial charge in [-0.1, -0.05) is 25.4 Å². The van der Waals surface area contributed by atoms with E-state index >= 15 is 0 Å². The Morgan fingerprint density at radius 1 is 1.44 bits per heavy atom. The number of hydrogen-bond acceptors (Lipinski definition) is 2. The molecule has 0 amide bonds. The molecule has 0 bridgehead atoms. The molecule has 0 saturated carbocycles. The number of rotatable bonds is 5. The zero-order valence-electron chi connectivity index (χ0n) is 10.5. The second-order valence-corrected chi connectivity index (χ2v) is 5.22. The summed E-state index contributed by atoms with van der Waals surface area (Å²) >= 11 is 6.17. The highest BCUT2D eigenvalue weighted by Gasteiger charge is 2.17. The quantitative estimate of drug-likeness (QED) is 0.865. The van der Waals surface area contributed by atoms with Gasteiger partial charge in [-0.2, -0.15) is 5.10 Å². The lowest BCUT2D eigenvalue weighted by Gasteiger charge is -2.16. The number of aryl methyl sites for hydroxylation is 2. The number of nitrogens with zero attached hydrogens (tertiary/aromatic N) is 2. The predicted molar refractivity (Wildman–Crippen MR) is 66.7 cm³/mol. The molecule has 0 spiro atoms. The van der Waals surface area contributed by atoms with Crippen molar-refractivity contribution in [2.45, 2.75) is 33.6 Å². The van der Waals surface area contributed by atoms with Crippen molar-refractivity contribution in [3.63, 3.8) is 0 Å². The van der Waals surface area contributed by atoms with Gasteiger partial charge in [0.15, 0.2) is 0 Å². The highest BCUT2D eigenvalue weighted by atomic mass is 35.5. The summed E-state index contributed by atoms with van der Waals surface area (Å²) in [7, 11) is 1.84. The van der Waals surface area contributed by atoms with Crippen molar-refractivity contribution in [3.8, 4) is 0 Å². The summed E-state index contributed by atoms with van der Waals surface area (Å²) < 4.78 is 1.69. The average Bonchev–Trinajstić information content (AvgIpc) is 2.43. The third-order valence-electron chi connectivity index (χ3n) is 2.83. The molecule has 92 valence electrons.